The Morgan fingerprint density at radius 2 is 1.57 bits per heavy atom. The van der Waals surface area contributed by atoms with E-state index in [1.165, 1.54) is 22.7 Å². The summed E-state index contributed by atoms with van der Waals surface area (Å²) < 4.78 is 27.1. The number of halogens is 1. The van der Waals surface area contributed by atoms with Crippen molar-refractivity contribution in [1.29, 1.82) is 0 Å². The number of nitrogens with one attached hydrogen (secondary N) is 2. The van der Waals surface area contributed by atoms with Gasteiger partial charge in [0.15, 0.2) is 6.10 Å². The van der Waals surface area contributed by atoms with E-state index in [-0.39, 0.29) is 28.5 Å². The van der Waals surface area contributed by atoms with E-state index in [4.69, 9.17) is 9.47 Å². The van der Waals surface area contributed by atoms with Crippen LogP contribution >= 0.6 is 11.8 Å². The minimum atomic E-state index is -0.974. The van der Waals surface area contributed by atoms with Crippen molar-refractivity contribution in [2.45, 2.75) is 50.3 Å². The lowest BCUT2D eigenvalue weighted by atomic mass is 9.89. The van der Waals surface area contributed by atoms with Crippen LogP contribution in [-0.4, -0.2) is 58.1 Å². The van der Waals surface area contributed by atoms with Gasteiger partial charge in [-0.25, -0.2) is 14.0 Å². The normalized spacial score (nSPS) is 20.3. The number of thioether (sulfide) groups is 1. The highest BCUT2D eigenvalue weighted by Gasteiger charge is 2.55. The number of esters is 1. The zero-order valence-electron chi connectivity index (χ0n) is 26.1. The lowest BCUT2D eigenvalue weighted by Gasteiger charge is -2.50. The zero-order chi connectivity index (χ0) is 33.3. The molecule has 47 heavy (non-hydrogen) atoms. The highest BCUT2D eigenvalue weighted by molar-refractivity contribution is 8.00. The van der Waals surface area contributed by atoms with Crippen LogP contribution in [0.15, 0.2) is 102 Å². The number of allylic oxidation sites excluding steroid dienone is 1. The fourth-order valence-corrected chi connectivity index (χ4v) is 7.27. The second-order valence-electron chi connectivity index (χ2n) is 12.3. The topological polar surface area (TPSA) is 114 Å². The number of amides is 3. The van der Waals surface area contributed by atoms with Crippen molar-refractivity contribution in [3.8, 4) is 0 Å². The van der Waals surface area contributed by atoms with Crippen LogP contribution in [0.3, 0.4) is 0 Å². The third-order valence-corrected chi connectivity index (χ3v) is 9.22. The lowest BCUT2D eigenvalue weighted by molar-refractivity contribution is -0.153. The Bertz CT molecular complexity index is 1750. The molecule has 11 heteroatoms. The summed E-state index contributed by atoms with van der Waals surface area (Å²) >= 11 is 1.30. The van der Waals surface area contributed by atoms with Crippen LogP contribution in [0, 0.1) is 5.82 Å². The predicted molar refractivity (Wildman–Crippen MR) is 175 cm³/mol. The Hall–Kier alpha value is -4.90. The van der Waals surface area contributed by atoms with Crippen LogP contribution in [0.2, 0.25) is 0 Å². The molecule has 0 aliphatic carbocycles. The van der Waals surface area contributed by atoms with Crippen molar-refractivity contribution in [2.75, 3.05) is 12.3 Å². The minimum absolute atomic E-state index is 0.0942. The number of carbonyl (C=O) groups is 4. The number of fused-ring (bicyclic) bond motifs is 1. The van der Waals surface area contributed by atoms with Gasteiger partial charge in [0.1, 0.15) is 28.5 Å². The number of carbonyl (C=O) groups excluding carboxylic acids is 4. The summed E-state index contributed by atoms with van der Waals surface area (Å²) in [5, 5.41) is 4.75. The molecule has 0 bridgehead atoms. The Labute approximate surface area is 276 Å². The summed E-state index contributed by atoms with van der Waals surface area (Å²) in [6.07, 6.45) is -1.30. The fraction of sp³-hybridized carbons (Fsp3) is 0.278. The van der Waals surface area contributed by atoms with Crippen LogP contribution in [0.25, 0.3) is 5.57 Å². The largest absolute Gasteiger partial charge is 0.448 e. The van der Waals surface area contributed by atoms with Crippen molar-refractivity contribution in [2.24, 2.45) is 0 Å². The zero-order valence-corrected chi connectivity index (χ0v) is 26.9. The van der Waals surface area contributed by atoms with Gasteiger partial charge in [0, 0.05) is 29.0 Å². The van der Waals surface area contributed by atoms with Crippen LogP contribution in [0.5, 0.6) is 0 Å². The first kappa shape index (κ1) is 32.1. The van der Waals surface area contributed by atoms with Crippen LogP contribution in [0.1, 0.15) is 50.0 Å². The van der Waals surface area contributed by atoms with Crippen molar-refractivity contribution in [3.05, 3.63) is 124 Å². The number of alkyl carbamates (subject to hydrolysis) is 1. The van der Waals surface area contributed by atoms with E-state index in [1.807, 2.05) is 60.7 Å². The van der Waals surface area contributed by atoms with Crippen LogP contribution < -0.4 is 10.6 Å². The van der Waals surface area contributed by atoms with Gasteiger partial charge < -0.3 is 20.1 Å². The second kappa shape index (κ2) is 13.1. The monoisotopic (exact) mass is 655 g/mol. The molecular weight excluding hydrogens is 621 g/mol. The Balaban J connectivity index is 1.47. The SMILES string of the molecule is CC(C)(C)OC(=O)N[C@@H]1C(=O)N2C(C(=O)OC(c3ccccc3)c3ccccc3)=C(C(=C3CCNC3=O)c3ccccc3F)CS[C@H]12. The van der Waals surface area contributed by atoms with E-state index in [2.05, 4.69) is 10.6 Å². The molecule has 2 N–H and O–H groups in total. The van der Waals surface area contributed by atoms with Gasteiger partial charge in [-0.2, -0.15) is 0 Å². The van der Waals surface area contributed by atoms with Gasteiger partial charge in [0.2, 0.25) is 5.91 Å². The number of ether oxygens (including phenoxy) is 2. The van der Waals surface area contributed by atoms with Crippen molar-refractivity contribution >= 4 is 41.2 Å². The number of nitrogens with zero attached hydrogens (tertiary/aromatic N) is 1. The summed E-state index contributed by atoms with van der Waals surface area (Å²) in [4.78, 5) is 55.4. The maximum Gasteiger partial charge on any atom is 0.408 e. The Morgan fingerprint density at radius 3 is 2.15 bits per heavy atom. The molecule has 0 aromatic heterocycles. The summed E-state index contributed by atoms with van der Waals surface area (Å²) in [7, 11) is 0. The summed E-state index contributed by atoms with van der Waals surface area (Å²) in [5.41, 5.74) is 1.54. The first-order valence-corrected chi connectivity index (χ1v) is 16.3. The summed E-state index contributed by atoms with van der Waals surface area (Å²) in [6, 6.07) is 23.5. The molecular formula is C36H34FN3O6S. The average molecular weight is 656 g/mol. The van der Waals surface area contributed by atoms with E-state index in [1.54, 1.807) is 39.0 Å². The third kappa shape index (κ3) is 6.53. The number of hydrogen-bond acceptors (Lipinski definition) is 7. The van der Waals surface area contributed by atoms with E-state index in [0.717, 1.165) is 0 Å². The molecule has 3 aliphatic heterocycles. The molecule has 3 amide bonds. The van der Waals surface area contributed by atoms with Crippen LogP contribution in [0.4, 0.5) is 9.18 Å². The lowest BCUT2D eigenvalue weighted by Crippen LogP contribution is -2.70. The molecule has 2 atom stereocenters. The average Bonchev–Trinajstić information content (AvgIpc) is 3.48. The Morgan fingerprint density at radius 1 is 0.957 bits per heavy atom. The minimum Gasteiger partial charge on any atom is -0.448 e. The van der Waals surface area contributed by atoms with Crippen molar-refractivity contribution < 1.29 is 33.0 Å². The van der Waals surface area contributed by atoms with Gasteiger partial charge >= 0.3 is 12.1 Å². The molecule has 3 aromatic rings. The summed E-state index contributed by atoms with van der Waals surface area (Å²) in [6.45, 7) is 5.50. The maximum absolute atomic E-state index is 15.5. The highest BCUT2D eigenvalue weighted by Crippen LogP contribution is 2.46. The molecule has 3 aliphatic rings. The third-order valence-electron chi connectivity index (χ3n) is 7.94. The molecule has 2 fully saturated rings. The molecule has 0 unspecified atom stereocenters. The van der Waals surface area contributed by atoms with Crippen LogP contribution in [-0.2, 0) is 23.9 Å². The molecule has 3 heterocycles. The van der Waals surface area contributed by atoms with E-state index < -0.39 is 46.9 Å². The molecule has 242 valence electrons. The smallest absolute Gasteiger partial charge is 0.408 e. The Kier molecular flexibility index (Phi) is 8.92. The molecule has 3 aromatic carbocycles. The highest BCUT2D eigenvalue weighted by atomic mass is 32.2. The molecule has 9 nitrogen and oxygen atoms in total. The number of benzene rings is 3. The molecule has 6 rings (SSSR count). The van der Waals surface area contributed by atoms with E-state index >= 15 is 4.39 Å². The molecule has 0 radical (unpaired) electrons. The van der Waals surface area contributed by atoms with Gasteiger partial charge in [-0.05, 0) is 50.0 Å². The molecule has 2 saturated heterocycles. The first-order chi connectivity index (χ1) is 22.5. The standard InChI is InChI=1S/C36H34FN3O6S/c1-36(2,3)46-35(44)39-28-32(42)40-29(34(43)45-30(21-12-6-4-7-13-21)22-14-8-5-9-15-22)25(20-47-33(28)40)27(24-18-19-38-31(24)41)23-16-10-11-17-26(23)37/h4-17,28,30,33H,18-20H2,1-3H3,(H,38,41)(H,39,44)/t28-,33-/m1/s1. The predicted octanol–water partition coefficient (Wildman–Crippen LogP) is 5.49. The van der Waals surface area contributed by atoms with Gasteiger partial charge in [0.25, 0.3) is 5.91 Å². The number of rotatable bonds is 7. The van der Waals surface area contributed by atoms with Gasteiger partial charge in [-0.15, -0.1) is 11.8 Å². The maximum atomic E-state index is 15.5. The van der Waals surface area contributed by atoms with Crippen molar-refractivity contribution in [3.63, 3.8) is 0 Å². The van der Waals surface area contributed by atoms with E-state index in [0.29, 0.717) is 35.2 Å². The number of β-lactam (4-membered cyclic amide) rings is 1. The second-order valence-corrected chi connectivity index (χ2v) is 13.4. The van der Waals surface area contributed by atoms with Crippen molar-refractivity contribution in [1.82, 2.24) is 15.5 Å². The molecule has 0 saturated carbocycles. The summed E-state index contributed by atoms with van der Waals surface area (Å²) in [5.74, 6) is -2.19. The quantitative estimate of drug-likeness (QED) is 0.197. The first-order valence-electron chi connectivity index (χ1n) is 15.3. The number of hydrogen-bond donors (Lipinski definition) is 2. The van der Waals surface area contributed by atoms with Gasteiger partial charge in [0.05, 0.1) is 0 Å². The van der Waals surface area contributed by atoms with Gasteiger partial charge in [-0.3, -0.25) is 14.5 Å². The molecule has 0 spiro atoms. The van der Waals surface area contributed by atoms with E-state index in [9.17, 15) is 19.2 Å². The fourth-order valence-electron chi connectivity index (χ4n) is 5.91. The van der Waals surface area contributed by atoms with Gasteiger partial charge in [-0.1, -0.05) is 78.9 Å².